The predicted octanol–water partition coefficient (Wildman–Crippen LogP) is 0.854. The van der Waals surface area contributed by atoms with Crippen molar-refractivity contribution in [1.29, 1.82) is 0 Å². The maximum atomic E-state index is 11.8. The van der Waals surface area contributed by atoms with E-state index >= 15 is 0 Å². The quantitative estimate of drug-likeness (QED) is 0.375. The van der Waals surface area contributed by atoms with Crippen LogP contribution in [0.4, 0.5) is 5.69 Å². The Bertz CT molecular complexity index is 924. The fourth-order valence-electron chi connectivity index (χ4n) is 2.27. The van der Waals surface area contributed by atoms with Crippen LogP contribution in [0.5, 0.6) is 0 Å². The molecule has 0 saturated carbocycles. The van der Waals surface area contributed by atoms with Crippen LogP contribution in [0.2, 0.25) is 0 Å². The highest BCUT2D eigenvalue weighted by molar-refractivity contribution is 6.08. The number of carbonyl (C=O) groups is 1. The van der Waals surface area contributed by atoms with Crippen molar-refractivity contribution in [2.45, 2.75) is 6.92 Å². The summed E-state index contributed by atoms with van der Waals surface area (Å²) in [5, 5.41) is 19.7. The molecule has 0 bridgehead atoms. The summed E-state index contributed by atoms with van der Waals surface area (Å²) in [6, 6.07) is 5.97. The van der Waals surface area contributed by atoms with E-state index in [1.54, 1.807) is 19.1 Å². The molecule has 3 rings (SSSR count). The molecule has 3 N–H and O–H groups in total. The molecule has 0 saturated heterocycles. The highest BCUT2D eigenvalue weighted by Gasteiger charge is 2.16. The van der Waals surface area contributed by atoms with E-state index in [1.165, 1.54) is 12.1 Å². The summed E-state index contributed by atoms with van der Waals surface area (Å²) in [4.78, 5) is 26.2. The number of quaternary nitrogens is 1. The molecule has 22 heavy (non-hydrogen) atoms. The van der Waals surface area contributed by atoms with Crippen molar-refractivity contribution >= 4 is 33.5 Å². The van der Waals surface area contributed by atoms with Gasteiger partial charge in [0, 0.05) is 22.4 Å². The van der Waals surface area contributed by atoms with Gasteiger partial charge in [-0.1, -0.05) is 0 Å². The van der Waals surface area contributed by atoms with Gasteiger partial charge in [0.15, 0.2) is 0 Å². The summed E-state index contributed by atoms with van der Waals surface area (Å²) in [5.74, 6) is -0.511. The zero-order valence-electron chi connectivity index (χ0n) is 11.5. The third kappa shape index (κ3) is 2.25. The van der Waals surface area contributed by atoms with Crippen LogP contribution < -0.4 is 10.9 Å². The first-order valence-electron chi connectivity index (χ1n) is 6.51. The maximum absolute atomic E-state index is 11.8. The van der Waals surface area contributed by atoms with E-state index in [0.717, 1.165) is 0 Å². The lowest BCUT2D eigenvalue weighted by molar-refractivity contribution is -0.992. The number of carbonyl (C=O) groups excluding carboxylic acids is 1. The van der Waals surface area contributed by atoms with E-state index in [0.29, 0.717) is 16.3 Å². The van der Waals surface area contributed by atoms with Gasteiger partial charge in [-0.3, -0.25) is 0 Å². The Hall–Kier alpha value is -2.68. The molecule has 0 aliphatic rings. The van der Waals surface area contributed by atoms with Crippen molar-refractivity contribution in [1.82, 2.24) is 4.98 Å². The molecular weight excluding hydrogens is 292 g/mol. The van der Waals surface area contributed by atoms with Gasteiger partial charge in [0.2, 0.25) is 0 Å². The average Bonchev–Trinajstić information content (AvgIpc) is 2.90. The molecule has 0 amide bonds. The number of rotatable bonds is 3. The Labute approximate surface area is 123 Å². The molecule has 0 radical (unpaired) electrons. The van der Waals surface area contributed by atoms with Gasteiger partial charge in [0.25, 0.3) is 5.69 Å². The van der Waals surface area contributed by atoms with Crippen LogP contribution in [-0.2, 0) is 4.74 Å². The molecule has 0 spiro atoms. The summed E-state index contributed by atoms with van der Waals surface area (Å²) >= 11 is 0. The van der Waals surface area contributed by atoms with Gasteiger partial charge in [-0.25, -0.2) is 14.8 Å². The second kappa shape index (κ2) is 5.26. The monoisotopic (exact) mass is 304 g/mol. The van der Waals surface area contributed by atoms with Crippen LogP contribution in [0.15, 0.2) is 33.5 Å². The van der Waals surface area contributed by atoms with E-state index in [-0.39, 0.29) is 17.9 Å². The zero-order valence-corrected chi connectivity index (χ0v) is 11.5. The van der Waals surface area contributed by atoms with Crippen molar-refractivity contribution in [2.24, 2.45) is 0 Å². The lowest BCUT2D eigenvalue weighted by atomic mass is 10.1. The van der Waals surface area contributed by atoms with Gasteiger partial charge in [0.05, 0.1) is 6.61 Å². The Balaban J connectivity index is 2.27. The number of aromatic nitrogens is 1. The standard InChI is InChI=1S/C14H12N2O6/c1-2-21-13(17)10-5-7-8-6-11(16(19)20)14(18)22-12(8)4-3-9(7)15-10/h3-6,15-16,19H,2H2,1H3. The first kappa shape index (κ1) is 14.3. The van der Waals surface area contributed by atoms with Gasteiger partial charge >= 0.3 is 11.6 Å². The third-order valence-electron chi connectivity index (χ3n) is 3.24. The summed E-state index contributed by atoms with van der Waals surface area (Å²) < 4.78 is 9.93. The lowest BCUT2D eigenvalue weighted by Crippen LogP contribution is -3.00. The Morgan fingerprint density at radius 1 is 1.41 bits per heavy atom. The topological polar surface area (TPSA) is 120 Å². The largest absolute Gasteiger partial charge is 0.595 e. The van der Waals surface area contributed by atoms with E-state index in [1.807, 2.05) is 0 Å². The summed E-state index contributed by atoms with van der Waals surface area (Å²) in [7, 11) is 0. The van der Waals surface area contributed by atoms with Crippen molar-refractivity contribution in [3.8, 4) is 0 Å². The number of nitrogens with one attached hydrogen (secondary N) is 2. The number of ether oxygens (including phenoxy) is 1. The Morgan fingerprint density at radius 2 is 2.18 bits per heavy atom. The minimum absolute atomic E-state index is 0.243. The normalized spacial score (nSPS) is 12.7. The Morgan fingerprint density at radius 3 is 2.86 bits per heavy atom. The van der Waals surface area contributed by atoms with Crippen molar-refractivity contribution < 1.29 is 24.4 Å². The molecule has 0 aliphatic carbocycles. The first-order chi connectivity index (χ1) is 10.5. The SMILES string of the molecule is CCOC(=O)c1cc2c(ccc3oc(=O)c([NH+]([O-])O)cc32)[nH]1. The lowest BCUT2D eigenvalue weighted by Gasteiger charge is -2.10. The fraction of sp³-hybridized carbons (Fsp3) is 0.143. The summed E-state index contributed by atoms with van der Waals surface area (Å²) in [6.07, 6.45) is 0. The molecule has 8 heteroatoms. The number of H-pyrrole nitrogens is 1. The molecule has 1 unspecified atom stereocenters. The van der Waals surface area contributed by atoms with Crippen molar-refractivity contribution in [2.75, 3.05) is 6.61 Å². The molecule has 2 aromatic heterocycles. The minimum atomic E-state index is -1.37. The molecule has 114 valence electrons. The second-order valence-electron chi connectivity index (χ2n) is 4.59. The number of aromatic amines is 1. The fourth-order valence-corrected chi connectivity index (χ4v) is 2.27. The van der Waals surface area contributed by atoms with Crippen LogP contribution >= 0.6 is 0 Å². The molecule has 0 fully saturated rings. The van der Waals surface area contributed by atoms with Crippen LogP contribution in [0.1, 0.15) is 17.4 Å². The minimum Gasteiger partial charge on any atom is -0.595 e. The number of hydrogen-bond acceptors (Lipinski definition) is 6. The molecule has 1 atom stereocenters. The van der Waals surface area contributed by atoms with Gasteiger partial charge in [-0.05, 0) is 25.1 Å². The van der Waals surface area contributed by atoms with Gasteiger partial charge in [-0.15, -0.1) is 0 Å². The van der Waals surface area contributed by atoms with Crippen LogP contribution in [0, 0.1) is 5.21 Å². The smallest absolute Gasteiger partial charge is 0.401 e. The average molecular weight is 304 g/mol. The van der Waals surface area contributed by atoms with Crippen molar-refractivity contribution in [3.05, 3.63) is 45.6 Å². The summed E-state index contributed by atoms with van der Waals surface area (Å²) in [5.41, 5.74) is -0.274. The number of esters is 1. The predicted molar refractivity (Wildman–Crippen MR) is 76.1 cm³/mol. The molecule has 8 nitrogen and oxygen atoms in total. The molecule has 2 heterocycles. The second-order valence-corrected chi connectivity index (χ2v) is 4.59. The van der Waals surface area contributed by atoms with Crippen LogP contribution in [0.25, 0.3) is 21.9 Å². The summed E-state index contributed by atoms with van der Waals surface area (Å²) in [6.45, 7) is 1.94. The highest BCUT2D eigenvalue weighted by Crippen LogP contribution is 2.26. The molecule has 3 aromatic rings. The van der Waals surface area contributed by atoms with Crippen LogP contribution in [-0.4, -0.2) is 22.8 Å². The number of fused-ring (bicyclic) bond motifs is 3. The van der Waals surface area contributed by atoms with E-state index in [2.05, 4.69) is 4.98 Å². The van der Waals surface area contributed by atoms with Crippen molar-refractivity contribution in [3.63, 3.8) is 0 Å². The molecular formula is C14H12N2O6. The van der Waals surface area contributed by atoms with Gasteiger partial charge in [-0.2, -0.15) is 5.23 Å². The molecule has 0 aliphatic heterocycles. The number of hydrogen-bond donors (Lipinski definition) is 3. The highest BCUT2D eigenvalue weighted by atomic mass is 16.8. The molecule has 1 aromatic carbocycles. The maximum Gasteiger partial charge on any atom is 0.401 e. The van der Waals surface area contributed by atoms with E-state index < -0.39 is 22.5 Å². The zero-order chi connectivity index (χ0) is 15.9. The Kier molecular flexibility index (Phi) is 3.41. The first-order valence-corrected chi connectivity index (χ1v) is 6.51. The van der Waals surface area contributed by atoms with Gasteiger partial charge < -0.3 is 19.3 Å². The van der Waals surface area contributed by atoms with E-state index in [9.17, 15) is 14.8 Å². The third-order valence-corrected chi connectivity index (χ3v) is 3.24. The van der Waals surface area contributed by atoms with Crippen LogP contribution in [0.3, 0.4) is 0 Å². The van der Waals surface area contributed by atoms with Gasteiger partial charge in [0.1, 0.15) is 11.3 Å². The van der Waals surface area contributed by atoms with E-state index in [4.69, 9.17) is 14.4 Å². The number of benzene rings is 1.